The molecule has 1 amide bonds. The van der Waals surface area contributed by atoms with Crippen molar-refractivity contribution in [3.05, 3.63) is 47.7 Å². The Morgan fingerprint density at radius 1 is 1.22 bits per heavy atom. The molecule has 0 unspecified atom stereocenters. The zero-order valence-corrected chi connectivity index (χ0v) is 17.6. The second-order valence-electron chi connectivity index (χ2n) is 7.22. The van der Waals surface area contributed by atoms with Crippen LogP contribution in [-0.4, -0.2) is 45.3 Å². The first kappa shape index (κ1) is 21.6. The zero-order chi connectivity index (χ0) is 23.0. The molecule has 0 aromatic carbocycles. The number of amides is 1. The van der Waals surface area contributed by atoms with Crippen molar-refractivity contribution in [3.63, 3.8) is 0 Å². The first-order valence-corrected chi connectivity index (χ1v) is 9.78. The van der Waals surface area contributed by atoms with Crippen LogP contribution >= 0.6 is 0 Å². The summed E-state index contributed by atoms with van der Waals surface area (Å²) in [5.74, 6) is 0.614. The number of alkyl halides is 3. The highest BCUT2D eigenvalue weighted by molar-refractivity contribution is 6.10. The Bertz CT molecular complexity index is 1180. The largest absolute Gasteiger partial charge is 0.491 e. The number of halogens is 3. The van der Waals surface area contributed by atoms with Gasteiger partial charge in [0.25, 0.3) is 11.8 Å². The maximum absolute atomic E-state index is 12.9. The normalized spacial score (nSPS) is 13.4. The highest BCUT2D eigenvalue weighted by Crippen LogP contribution is 2.34. The summed E-state index contributed by atoms with van der Waals surface area (Å²) >= 11 is 0. The van der Waals surface area contributed by atoms with E-state index in [1.54, 1.807) is 25.3 Å². The number of carbonyl (C=O) groups is 1. The van der Waals surface area contributed by atoms with Gasteiger partial charge in [0, 0.05) is 18.0 Å². The Kier molecular flexibility index (Phi) is 5.49. The summed E-state index contributed by atoms with van der Waals surface area (Å²) in [4.78, 5) is 27.1. The smallest absolute Gasteiger partial charge is 0.406 e. The molecule has 0 spiro atoms. The van der Waals surface area contributed by atoms with E-state index in [1.807, 2.05) is 6.92 Å². The minimum Gasteiger partial charge on any atom is -0.491 e. The van der Waals surface area contributed by atoms with Crippen molar-refractivity contribution in [3.8, 4) is 22.9 Å². The van der Waals surface area contributed by atoms with Crippen LogP contribution in [0.2, 0.25) is 0 Å². The molecule has 0 bridgehead atoms. The molecule has 4 heterocycles. The molecular formula is C21H20F3N5O3. The maximum Gasteiger partial charge on any atom is 0.406 e. The first-order chi connectivity index (χ1) is 15.2. The second kappa shape index (κ2) is 8.13. The molecule has 0 N–H and O–H groups in total. The highest BCUT2D eigenvalue weighted by atomic mass is 19.4. The molecule has 1 aliphatic rings. The molecule has 32 heavy (non-hydrogen) atoms. The van der Waals surface area contributed by atoms with Gasteiger partial charge in [-0.3, -0.25) is 14.7 Å². The predicted octanol–water partition coefficient (Wildman–Crippen LogP) is 3.78. The van der Waals surface area contributed by atoms with E-state index in [9.17, 15) is 18.0 Å². The lowest BCUT2D eigenvalue weighted by atomic mass is 10.1. The van der Waals surface area contributed by atoms with Crippen LogP contribution in [0.15, 0.2) is 30.9 Å². The molecule has 0 saturated carbocycles. The number of hydrogen-bond donors (Lipinski definition) is 0. The van der Waals surface area contributed by atoms with Crippen molar-refractivity contribution >= 4 is 11.7 Å². The van der Waals surface area contributed by atoms with E-state index in [0.29, 0.717) is 46.3 Å². The molecule has 1 aliphatic heterocycles. The highest BCUT2D eigenvalue weighted by Gasteiger charge is 2.34. The van der Waals surface area contributed by atoms with Gasteiger partial charge in [-0.05, 0) is 31.5 Å². The Hall–Kier alpha value is -3.63. The fraction of sp³-hybridized carbons (Fsp3) is 0.333. The van der Waals surface area contributed by atoms with Crippen LogP contribution in [0, 0.1) is 6.92 Å². The van der Waals surface area contributed by atoms with Crippen molar-refractivity contribution in [1.29, 1.82) is 0 Å². The van der Waals surface area contributed by atoms with E-state index >= 15 is 0 Å². The van der Waals surface area contributed by atoms with Crippen LogP contribution in [0.4, 0.5) is 19.0 Å². The Labute approximate surface area is 181 Å². The number of aromatic nitrogens is 4. The van der Waals surface area contributed by atoms with E-state index in [0.717, 1.165) is 10.9 Å². The van der Waals surface area contributed by atoms with Crippen molar-refractivity contribution < 1.29 is 27.4 Å². The van der Waals surface area contributed by atoms with E-state index in [2.05, 4.69) is 15.0 Å². The molecule has 3 aromatic rings. The van der Waals surface area contributed by atoms with E-state index in [1.165, 1.54) is 18.2 Å². The van der Waals surface area contributed by atoms with Crippen molar-refractivity contribution in [2.75, 3.05) is 18.6 Å². The number of ether oxygens (including phenoxy) is 2. The summed E-state index contributed by atoms with van der Waals surface area (Å²) in [6.45, 7) is 2.99. The van der Waals surface area contributed by atoms with Crippen LogP contribution in [0.1, 0.15) is 28.5 Å². The van der Waals surface area contributed by atoms with Crippen molar-refractivity contribution in [2.24, 2.45) is 0 Å². The first-order valence-electron chi connectivity index (χ1n) is 9.78. The van der Waals surface area contributed by atoms with Gasteiger partial charge in [0.1, 0.15) is 6.54 Å². The number of fused-ring (bicyclic) bond motifs is 1. The lowest BCUT2D eigenvalue weighted by Crippen LogP contribution is -2.23. The summed E-state index contributed by atoms with van der Waals surface area (Å²) in [5.41, 5.74) is 2.90. The summed E-state index contributed by atoms with van der Waals surface area (Å²) in [6, 6.07) is 3.51. The van der Waals surface area contributed by atoms with Crippen molar-refractivity contribution in [2.45, 2.75) is 33.1 Å². The average Bonchev–Trinajstić information content (AvgIpc) is 3.31. The van der Waals surface area contributed by atoms with Gasteiger partial charge in [-0.2, -0.15) is 13.2 Å². The van der Waals surface area contributed by atoms with E-state index in [4.69, 9.17) is 9.47 Å². The number of anilines is 1. The lowest BCUT2D eigenvalue weighted by molar-refractivity contribution is -0.140. The fourth-order valence-corrected chi connectivity index (χ4v) is 3.58. The average molecular weight is 447 g/mol. The van der Waals surface area contributed by atoms with Crippen LogP contribution in [0.3, 0.4) is 0 Å². The molecule has 168 valence electrons. The van der Waals surface area contributed by atoms with Gasteiger partial charge in [0.15, 0.2) is 11.6 Å². The number of aryl methyl sites for hydroxylation is 1. The van der Waals surface area contributed by atoms with Gasteiger partial charge in [-0.1, -0.05) is 0 Å². The molecule has 8 nitrogen and oxygen atoms in total. The minimum atomic E-state index is -4.38. The van der Waals surface area contributed by atoms with Gasteiger partial charge >= 0.3 is 6.18 Å². The number of imidazole rings is 1. The topological polar surface area (TPSA) is 82.4 Å². The number of rotatable bonds is 6. The van der Waals surface area contributed by atoms with Crippen LogP contribution in [0.5, 0.6) is 11.6 Å². The van der Waals surface area contributed by atoms with Crippen LogP contribution < -0.4 is 14.4 Å². The second-order valence-corrected chi connectivity index (χ2v) is 7.22. The molecule has 0 radical (unpaired) electrons. The molecule has 0 saturated heterocycles. The maximum atomic E-state index is 12.9. The monoisotopic (exact) mass is 447 g/mol. The summed E-state index contributed by atoms with van der Waals surface area (Å²) in [5, 5.41) is 0. The summed E-state index contributed by atoms with van der Waals surface area (Å²) in [6.07, 6.45) is -0.512. The number of carbonyl (C=O) groups excluding carboxylic acids is 1. The molecule has 3 aromatic heterocycles. The summed E-state index contributed by atoms with van der Waals surface area (Å²) < 4.78 is 49.6. The Morgan fingerprint density at radius 2 is 2.00 bits per heavy atom. The molecule has 0 aliphatic carbocycles. The molecule has 0 fully saturated rings. The van der Waals surface area contributed by atoms with Crippen LogP contribution in [0.25, 0.3) is 11.3 Å². The molecular weight excluding hydrogens is 427 g/mol. The fourth-order valence-electron chi connectivity index (χ4n) is 3.58. The van der Waals surface area contributed by atoms with Gasteiger partial charge in [-0.15, -0.1) is 0 Å². The SMILES string of the molecule is CCOc1ncc(-c2cc(C)c3c(n2)CN(c2cn(CC(F)(F)F)cn2)C3=O)cc1OC. The van der Waals surface area contributed by atoms with Gasteiger partial charge in [0.2, 0.25) is 0 Å². The number of hydrogen-bond acceptors (Lipinski definition) is 6. The third-order valence-corrected chi connectivity index (χ3v) is 4.93. The minimum absolute atomic E-state index is 0.105. The van der Waals surface area contributed by atoms with E-state index in [-0.39, 0.29) is 18.3 Å². The molecule has 4 rings (SSSR count). The Balaban J connectivity index is 1.64. The Morgan fingerprint density at radius 3 is 2.69 bits per heavy atom. The van der Waals surface area contributed by atoms with Gasteiger partial charge in [0.05, 0.1) is 43.5 Å². The molecule has 0 atom stereocenters. The lowest BCUT2D eigenvalue weighted by Gasteiger charge is -2.11. The zero-order valence-electron chi connectivity index (χ0n) is 17.6. The third kappa shape index (κ3) is 4.10. The quantitative estimate of drug-likeness (QED) is 0.572. The van der Waals surface area contributed by atoms with Gasteiger partial charge < -0.3 is 14.0 Å². The number of methoxy groups -OCH3 is 1. The van der Waals surface area contributed by atoms with Crippen molar-refractivity contribution in [1.82, 2.24) is 19.5 Å². The van der Waals surface area contributed by atoms with E-state index < -0.39 is 12.7 Å². The number of nitrogens with zero attached hydrogens (tertiary/aromatic N) is 5. The number of pyridine rings is 2. The summed E-state index contributed by atoms with van der Waals surface area (Å²) in [7, 11) is 1.51. The van der Waals surface area contributed by atoms with Crippen LogP contribution in [-0.2, 0) is 13.1 Å². The standard InChI is InChI=1S/C21H20F3N5O3/c1-4-32-19-16(31-3)6-13(7-25-19)14-5-12(2)18-15(27-14)8-29(20(18)30)17-9-28(11-26-17)10-21(22,23)24/h5-7,9,11H,4,8,10H2,1-3H3. The third-order valence-electron chi connectivity index (χ3n) is 4.93. The predicted molar refractivity (Wildman–Crippen MR) is 109 cm³/mol. The molecule has 11 heteroatoms. The van der Waals surface area contributed by atoms with Gasteiger partial charge in [-0.25, -0.2) is 9.97 Å².